The normalized spacial score (nSPS) is 17.7. The summed E-state index contributed by atoms with van der Waals surface area (Å²) in [7, 11) is 0. The van der Waals surface area contributed by atoms with Crippen LogP contribution in [-0.4, -0.2) is 19.1 Å². The number of hydrogen-bond acceptors (Lipinski definition) is 2. The number of halogens is 1. The molecule has 1 aliphatic heterocycles. The van der Waals surface area contributed by atoms with Crippen molar-refractivity contribution in [1.82, 2.24) is 5.32 Å². The average Bonchev–Trinajstić information content (AvgIpc) is 2.37. The quantitative estimate of drug-likeness (QED) is 0.371. The lowest BCUT2D eigenvalue weighted by Crippen LogP contribution is -2.37. The second kappa shape index (κ2) is 7.37. The highest BCUT2D eigenvalue weighted by Crippen LogP contribution is 2.31. The molecule has 1 atom stereocenters. The minimum absolute atomic E-state index is 0. The van der Waals surface area contributed by atoms with Gasteiger partial charge in [0.05, 0.1) is 19.2 Å². The van der Waals surface area contributed by atoms with Crippen LogP contribution in [0.4, 0.5) is 0 Å². The number of benzene rings is 1. The van der Waals surface area contributed by atoms with E-state index < -0.39 is 0 Å². The number of para-hydroxylation sites is 1. The fraction of sp³-hybridized carbons (Fsp3) is 0.357. The van der Waals surface area contributed by atoms with Crippen LogP contribution in [-0.2, 0) is 0 Å². The molecule has 2 rings (SSSR count). The summed E-state index contributed by atoms with van der Waals surface area (Å²) in [6, 6.07) is 8.18. The lowest BCUT2D eigenvalue weighted by molar-refractivity contribution is 0.262. The van der Waals surface area contributed by atoms with E-state index in [1.807, 2.05) is 25.1 Å². The highest BCUT2D eigenvalue weighted by Gasteiger charge is 2.20. The average molecular weight is 373 g/mol. The molecule has 1 aromatic carbocycles. The smallest absolute Gasteiger partial charge is 0.189 e. The molecule has 1 unspecified atom stereocenters. The van der Waals surface area contributed by atoms with Gasteiger partial charge in [-0.25, -0.2) is 4.99 Å². The van der Waals surface area contributed by atoms with Crippen LogP contribution < -0.4 is 15.8 Å². The van der Waals surface area contributed by atoms with Crippen LogP contribution in [0.2, 0.25) is 0 Å². The largest absolute Gasteiger partial charge is 0.493 e. The Morgan fingerprint density at radius 1 is 1.53 bits per heavy atom. The van der Waals surface area contributed by atoms with Gasteiger partial charge in [0.25, 0.3) is 0 Å². The Labute approximate surface area is 131 Å². The number of guanidine groups is 1. The number of nitrogens with one attached hydrogen (secondary N) is 1. The van der Waals surface area contributed by atoms with E-state index in [9.17, 15) is 0 Å². The van der Waals surface area contributed by atoms with Crippen molar-refractivity contribution in [3.63, 3.8) is 0 Å². The van der Waals surface area contributed by atoms with Gasteiger partial charge in [-0.1, -0.05) is 30.4 Å². The van der Waals surface area contributed by atoms with Crippen molar-refractivity contribution in [3.05, 3.63) is 42.0 Å². The Morgan fingerprint density at radius 2 is 2.26 bits per heavy atom. The zero-order chi connectivity index (χ0) is 13.0. The molecule has 0 fully saturated rings. The van der Waals surface area contributed by atoms with Gasteiger partial charge in [0.1, 0.15) is 5.75 Å². The zero-order valence-electron chi connectivity index (χ0n) is 11.1. The van der Waals surface area contributed by atoms with E-state index in [1.165, 1.54) is 0 Å². The Balaban J connectivity index is 0.00000180. The third-order valence-electron chi connectivity index (χ3n) is 2.80. The molecule has 0 bridgehead atoms. The fourth-order valence-electron chi connectivity index (χ4n) is 1.94. The Kier molecular flexibility index (Phi) is 6.14. The molecule has 4 nitrogen and oxygen atoms in total. The van der Waals surface area contributed by atoms with Gasteiger partial charge in [-0.05, 0) is 13.0 Å². The molecule has 5 heteroatoms. The van der Waals surface area contributed by atoms with E-state index in [0.29, 0.717) is 19.1 Å². The zero-order valence-corrected chi connectivity index (χ0v) is 13.4. The monoisotopic (exact) mass is 373 g/mol. The van der Waals surface area contributed by atoms with Crippen LogP contribution in [0.1, 0.15) is 24.9 Å². The molecular formula is C14H20IN3O. The summed E-state index contributed by atoms with van der Waals surface area (Å²) in [5, 5.41) is 3.24. The molecule has 0 saturated carbocycles. The molecule has 0 aromatic heterocycles. The van der Waals surface area contributed by atoms with Crippen molar-refractivity contribution in [2.24, 2.45) is 10.7 Å². The molecular weight excluding hydrogens is 353 g/mol. The first-order valence-electron chi connectivity index (χ1n) is 6.09. The van der Waals surface area contributed by atoms with Gasteiger partial charge >= 0.3 is 0 Å². The first-order valence-corrected chi connectivity index (χ1v) is 6.09. The number of rotatable bonds is 3. The number of aliphatic imine (C=N–C) groups is 1. The summed E-state index contributed by atoms with van der Waals surface area (Å²) in [6.07, 6.45) is 0.889. The second-order valence-electron chi connectivity index (χ2n) is 4.53. The fourth-order valence-corrected chi connectivity index (χ4v) is 1.94. The molecule has 0 aliphatic carbocycles. The Bertz CT molecular complexity index is 474. The van der Waals surface area contributed by atoms with Crippen LogP contribution in [0.25, 0.3) is 0 Å². The molecule has 1 aromatic rings. The van der Waals surface area contributed by atoms with Crippen LogP contribution in [0.5, 0.6) is 5.75 Å². The number of nitrogens with two attached hydrogens (primary N) is 1. The number of nitrogens with zero attached hydrogens (tertiary/aromatic N) is 1. The van der Waals surface area contributed by atoms with Crippen molar-refractivity contribution in [2.45, 2.75) is 19.4 Å². The third kappa shape index (κ3) is 4.41. The van der Waals surface area contributed by atoms with Gasteiger partial charge in [0.2, 0.25) is 0 Å². The number of hydrogen-bond donors (Lipinski definition) is 2. The molecule has 104 valence electrons. The van der Waals surface area contributed by atoms with Crippen molar-refractivity contribution in [2.75, 3.05) is 13.2 Å². The summed E-state index contributed by atoms with van der Waals surface area (Å²) in [5.41, 5.74) is 8.00. The molecule has 0 radical (unpaired) electrons. The highest BCUT2D eigenvalue weighted by atomic mass is 127. The van der Waals surface area contributed by atoms with Crippen LogP contribution >= 0.6 is 24.0 Å². The van der Waals surface area contributed by atoms with E-state index in [1.54, 1.807) is 0 Å². The van der Waals surface area contributed by atoms with E-state index in [2.05, 4.69) is 23.0 Å². The summed E-state index contributed by atoms with van der Waals surface area (Å²) in [4.78, 5) is 4.23. The first-order chi connectivity index (χ1) is 8.66. The Hall–Kier alpha value is -1.24. The molecule has 0 spiro atoms. The van der Waals surface area contributed by atoms with Crippen molar-refractivity contribution in [3.8, 4) is 5.75 Å². The van der Waals surface area contributed by atoms with Gasteiger partial charge in [-0.15, -0.1) is 24.0 Å². The van der Waals surface area contributed by atoms with Crippen LogP contribution in [0.15, 0.2) is 41.4 Å². The third-order valence-corrected chi connectivity index (χ3v) is 2.80. The maximum absolute atomic E-state index is 5.87. The summed E-state index contributed by atoms with van der Waals surface area (Å²) in [6.45, 7) is 6.99. The molecule has 19 heavy (non-hydrogen) atoms. The van der Waals surface area contributed by atoms with E-state index in [-0.39, 0.29) is 30.0 Å². The van der Waals surface area contributed by atoms with Gasteiger partial charge < -0.3 is 15.8 Å². The molecule has 0 saturated heterocycles. The van der Waals surface area contributed by atoms with E-state index in [0.717, 1.165) is 23.3 Å². The first kappa shape index (κ1) is 15.8. The molecule has 1 aliphatic rings. The highest BCUT2D eigenvalue weighted by molar-refractivity contribution is 14.0. The SMILES string of the molecule is C=C(C)CN=C(N)NC1CCOc2ccccc21.I. The predicted molar refractivity (Wildman–Crippen MR) is 89.1 cm³/mol. The standard InChI is InChI=1S/C14H19N3O.HI/c1-10(2)9-16-14(15)17-12-7-8-18-13-6-4-3-5-11(12)13;/h3-6,12H,1,7-9H2,2H3,(H3,15,16,17);1H. The number of fused-ring (bicyclic) bond motifs is 1. The summed E-state index contributed by atoms with van der Waals surface area (Å²) in [5.74, 6) is 1.38. The minimum Gasteiger partial charge on any atom is -0.493 e. The van der Waals surface area contributed by atoms with Crippen LogP contribution in [0.3, 0.4) is 0 Å². The van der Waals surface area contributed by atoms with Crippen LogP contribution in [0, 0.1) is 0 Å². The van der Waals surface area contributed by atoms with Crippen molar-refractivity contribution in [1.29, 1.82) is 0 Å². The van der Waals surface area contributed by atoms with Gasteiger partial charge in [-0.3, -0.25) is 0 Å². The topological polar surface area (TPSA) is 59.6 Å². The van der Waals surface area contributed by atoms with E-state index >= 15 is 0 Å². The van der Waals surface area contributed by atoms with Crippen molar-refractivity contribution >= 4 is 29.9 Å². The molecule has 3 N–H and O–H groups in total. The molecule has 1 heterocycles. The van der Waals surface area contributed by atoms with Gasteiger partial charge in [0.15, 0.2) is 5.96 Å². The molecule has 0 amide bonds. The lowest BCUT2D eigenvalue weighted by atomic mass is 10.0. The predicted octanol–water partition coefficient (Wildman–Crippen LogP) is 2.61. The maximum Gasteiger partial charge on any atom is 0.189 e. The second-order valence-corrected chi connectivity index (χ2v) is 4.53. The summed E-state index contributed by atoms with van der Waals surface area (Å²) < 4.78 is 5.60. The van der Waals surface area contributed by atoms with E-state index in [4.69, 9.17) is 10.5 Å². The maximum atomic E-state index is 5.87. The van der Waals surface area contributed by atoms with Crippen molar-refractivity contribution < 1.29 is 4.74 Å². The Morgan fingerprint density at radius 3 is 3.00 bits per heavy atom. The number of ether oxygens (including phenoxy) is 1. The van der Waals surface area contributed by atoms with Gasteiger partial charge in [0, 0.05) is 12.0 Å². The minimum atomic E-state index is 0. The van der Waals surface area contributed by atoms with Gasteiger partial charge in [-0.2, -0.15) is 0 Å². The summed E-state index contributed by atoms with van der Waals surface area (Å²) >= 11 is 0. The lowest BCUT2D eigenvalue weighted by Gasteiger charge is -2.26.